The molecular formula is C25H32N2O4. The van der Waals surface area contributed by atoms with Crippen LogP contribution in [0, 0.1) is 6.92 Å². The number of piperidine rings is 1. The first-order chi connectivity index (χ1) is 15.0. The molecule has 6 nitrogen and oxygen atoms in total. The van der Waals surface area contributed by atoms with Crippen molar-refractivity contribution in [3.63, 3.8) is 0 Å². The van der Waals surface area contributed by atoms with Crippen molar-refractivity contribution < 1.29 is 19.1 Å². The highest BCUT2D eigenvalue weighted by Gasteiger charge is 2.23. The zero-order valence-corrected chi connectivity index (χ0v) is 18.4. The second-order valence-electron chi connectivity index (χ2n) is 7.96. The zero-order valence-electron chi connectivity index (χ0n) is 18.4. The van der Waals surface area contributed by atoms with Crippen LogP contribution in [0.2, 0.25) is 0 Å². The van der Waals surface area contributed by atoms with Crippen molar-refractivity contribution in [2.45, 2.75) is 45.1 Å². The number of nitrogens with zero attached hydrogens (tertiary/aromatic N) is 1. The Labute approximate surface area is 184 Å². The molecule has 1 aliphatic heterocycles. The molecule has 3 rings (SSSR count). The van der Waals surface area contributed by atoms with E-state index < -0.39 is 0 Å². The van der Waals surface area contributed by atoms with Crippen LogP contribution < -0.4 is 14.8 Å². The van der Waals surface area contributed by atoms with Crippen LogP contribution in [-0.4, -0.2) is 49.6 Å². The smallest absolute Gasteiger partial charge is 0.224 e. The number of rotatable bonds is 9. The number of benzene rings is 2. The highest BCUT2D eigenvalue weighted by molar-refractivity contribution is 5.79. The molecule has 1 saturated heterocycles. The second kappa shape index (κ2) is 11.4. The van der Waals surface area contributed by atoms with Gasteiger partial charge < -0.3 is 19.7 Å². The molecule has 1 heterocycles. The Hall–Kier alpha value is -3.02. The predicted molar refractivity (Wildman–Crippen MR) is 120 cm³/mol. The standard InChI is InChI=1S/C25H32N2O4/c1-19-6-3-4-7-23(19)31-17-5-8-25(29)27-15-13-21(14-16-27)26-24(28)18-20-9-11-22(30-2)12-10-20/h3-4,6-7,9-12,21H,5,8,13-18H2,1-2H3,(H,26,28). The molecule has 0 saturated carbocycles. The van der Waals surface area contributed by atoms with E-state index in [1.165, 1.54) is 0 Å². The highest BCUT2D eigenvalue weighted by Crippen LogP contribution is 2.17. The van der Waals surface area contributed by atoms with E-state index in [9.17, 15) is 9.59 Å². The van der Waals surface area contributed by atoms with Gasteiger partial charge in [0.25, 0.3) is 0 Å². The van der Waals surface area contributed by atoms with Gasteiger partial charge in [-0.1, -0.05) is 30.3 Å². The van der Waals surface area contributed by atoms with Crippen molar-refractivity contribution in [2.75, 3.05) is 26.8 Å². The van der Waals surface area contributed by atoms with Gasteiger partial charge in [0.1, 0.15) is 11.5 Å². The molecule has 1 aliphatic rings. The van der Waals surface area contributed by atoms with E-state index in [-0.39, 0.29) is 17.9 Å². The Morgan fingerprint density at radius 2 is 1.77 bits per heavy atom. The van der Waals surface area contributed by atoms with Gasteiger partial charge in [-0.05, 0) is 55.5 Å². The number of amides is 2. The lowest BCUT2D eigenvalue weighted by molar-refractivity contribution is -0.132. The van der Waals surface area contributed by atoms with Crippen LogP contribution in [0.4, 0.5) is 0 Å². The van der Waals surface area contributed by atoms with Gasteiger partial charge in [-0.2, -0.15) is 0 Å². The van der Waals surface area contributed by atoms with E-state index in [1.807, 2.05) is 60.4 Å². The number of aryl methyl sites for hydroxylation is 1. The number of ether oxygens (including phenoxy) is 2. The maximum Gasteiger partial charge on any atom is 0.224 e. The van der Waals surface area contributed by atoms with E-state index in [1.54, 1.807) is 7.11 Å². The zero-order chi connectivity index (χ0) is 22.1. The second-order valence-corrected chi connectivity index (χ2v) is 7.96. The molecule has 166 valence electrons. The first-order valence-corrected chi connectivity index (χ1v) is 10.9. The van der Waals surface area contributed by atoms with Gasteiger partial charge in [0.15, 0.2) is 0 Å². The maximum atomic E-state index is 12.5. The van der Waals surface area contributed by atoms with Crippen LogP contribution >= 0.6 is 0 Å². The maximum absolute atomic E-state index is 12.5. The SMILES string of the molecule is COc1ccc(CC(=O)NC2CCN(C(=O)CCCOc3ccccc3C)CC2)cc1. The summed E-state index contributed by atoms with van der Waals surface area (Å²) in [6, 6.07) is 15.6. The minimum absolute atomic E-state index is 0.0169. The molecule has 2 aromatic rings. The number of methoxy groups -OCH3 is 1. The van der Waals surface area contributed by atoms with Gasteiger partial charge in [-0.15, -0.1) is 0 Å². The molecule has 2 aromatic carbocycles. The van der Waals surface area contributed by atoms with Gasteiger partial charge in [-0.3, -0.25) is 9.59 Å². The third-order valence-electron chi connectivity index (χ3n) is 5.62. The molecule has 1 N–H and O–H groups in total. The predicted octanol–water partition coefficient (Wildman–Crippen LogP) is 3.51. The summed E-state index contributed by atoms with van der Waals surface area (Å²) < 4.78 is 10.9. The number of hydrogen-bond donors (Lipinski definition) is 1. The first kappa shape index (κ1) is 22.7. The average molecular weight is 425 g/mol. The Bertz CT molecular complexity index is 858. The third-order valence-corrected chi connectivity index (χ3v) is 5.62. The summed E-state index contributed by atoms with van der Waals surface area (Å²) in [5, 5.41) is 3.10. The monoisotopic (exact) mass is 424 g/mol. The summed E-state index contributed by atoms with van der Waals surface area (Å²) in [4.78, 5) is 26.7. The highest BCUT2D eigenvalue weighted by atomic mass is 16.5. The van der Waals surface area contributed by atoms with E-state index >= 15 is 0 Å². The van der Waals surface area contributed by atoms with Gasteiger partial charge in [-0.25, -0.2) is 0 Å². The van der Waals surface area contributed by atoms with Crippen molar-refractivity contribution in [1.29, 1.82) is 0 Å². The fourth-order valence-electron chi connectivity index (χ4n) is 3.76. The van der Waals surface area contributed by atoms with Crippen molar-refractivity contribution >= 4 is 11.8 Å². The van der Waals surface area contributed by atoms with E-state index in [0.717, 1.165) is 35.5 Å². The lowest BCUT2D eigenvalue weighted by Crippen LogP contribution is -2.46. The molecule has 0 atom stereocenters. The summed E-state index contributed by atoms with van der Waals surface area (Å²) in [5.41, 5.74) is 2.06. The van der Waals surface area contributed by atoms with E-state index in [4.69, 9.17) is 9.47 Å². The van der Waals surface area contributed by atoms with Crippen LogP contribution in [0.5, 0.6) is 11.5 Å². The average Bonchev–Trinajstić information content (AvgIpc) is 2.78. The van der Waals surface area contributed by atoms with Crippen LogP contribution in [-0.2, 0) is 16.0 Å². The lowest BCUT2D eigenvalue weighted by atomic mass is 10.0. The Balaban J connectivity index is 1.32. The molecule has 0 radical (unpaired) electrons. The molecule has 0 aromatic heterocycles. The first-order valence-electron chi connectivity index (χ1n) is 10.9. The van der Waals surface area contributed by atoms with E-state index in [2.05, 4.69) is 5.32 Å². The van der Waals surface area contributed by atoms with Gasteiger partial charge in [0.05, 0.1) is 20.1 Å². The Kier molecular flexibility index (Phi) is 8.33. The number of hydrogen-bond acceptors (Lipinski definition) is 4. The fraction of sp³-hybridized carbons (Fsp3) is 0.440. The van der Waals surface area contributed by atoms with Crippen LogP contribution in [0.3, 0.4) is 0 Å². The molecule has 2 amide bonds. The largest absolute Gasteiger partial charge is 0.497 e. The van der Waals surface area contributed by atoms with Crippen molar-refractivity contribution in [2.24, 2.45) is 0 Å². The quantitative estimate of drug-likeness (QED) is 0.626. The number of carbonyl (C=O) groups excluding carboxylic acids is 2. The van der Waals surface area contributed by atoms with Gasteiger partial charge >= 0.3 is 0 Å². The molecule has 0 aliphatic carbocycles. The molecule has 31 heavy (non-hydrogen) atoms. The van der Waals surface area contributed by atoms with Crippen molar-refractivity contribution in [3.8, 4) is 11.5 Å². The molecule has 0 bridgehead atoms. The topological polar surface area (TPSA) is 67.9 Å². The summed E-state index contributed by atoms with van der Waals surface area (Å²) in [5.74, 6) is 1.84. The summed E-state index contributed by atoms with van der Waals surface area (Å²) in [7, 11) is 1.62. The van der Waals surface area contributed by atoms with Crippen molar-refractivity contribution in [1.82, 2.24) is 10.2 Å². The molecule has 0 unspecified atom stereocenters. The van der Waals surface area contributed by atoms with Crippen molar-refractivity contribution in [3.05, 3.63) is 59.7 Å². The number of para-hydroxylation sites is 1. The molecule has 6 heteroatoms. The molecule has 1 fully saturated rings. The summed E-state index contributed by atoms with van der Waals surface area (Å²) in [6.45, 7) is 3.92. The van der Waals surface area contributed by atoms with Crippen LogP contribution in [0.1, 0.15) is 36.8 Å². The molecular weight excluding hydrogens is 392 g/mol. The summed E-state index contributed by atoms with van der Waals surface area (Å²) in [6.07, 6.45) is 3.12. The van der Waals surface area contributed by atoms with Gasteiger partial charge in [0, 0.05) is 25.6 Å². The minimum Gasteiger partial charge on any atom is -0.497 e. The third kappa shape index (κ3) is 7.02. The van der Waals surface area contributed by atoms with E-state index in [0.29, 0.717) is 39.0 Å². The normalized spacial score (nSPS) is 14.2. The number of likely N-dealkylation sites (tertiary alicyclic amines) is 1. The number of carbonyl (C=O) groups is 2. The van der Waals surface area contributed by atoms with Crippen LogP contribution in [0.15, 0.2) is 48.5 Å². The number of nitrogens with one attached hydrogen (secondary N) is 1. The van der Waals surface area contributed by atoms with Crippen LogP contribution in [0.25, 0.3) is 0 Å². The molecule has 0 spiro atoms. The Morgan fingerprint density at radius 1 is 1.06 bits per heavy atom. The Morgan fingerprint density at radius 3 is 2.45 bits per heavy atom. The lowest BCUT2D eigenvalue weighted by Gasteiger charge is -2.32. The fourth-order valence-corrected chi connectivity index (χ4v) is 3.76. The minimum atomic E-state index is 0.0169. The summed E-state index contributed by atoms with van der Waals surface area (Å²) >= 11 is 0. The van der Waals surface area contributed by atoms with Gasteiger partial charge in [0.2, 0.25) is 11.8 Å².